The van der Waals surface area contributed by atoms with Gasteiger partial charge in [-0.2, -0.15) is 0 Å². The number of hydrogen-bond donors (Lipinski definition) is 0. The van der Waals surface area contributed by atoms with E-state index in [4.69, 9.17) is 0 Å². The van der Waals surface area contributed by atoms with Gasteiger partial charge in [0.05, 0.1) is 0 Å². The Hall–Kier alpha value is -2.09. The van der Waals surface area contributed by atoms with Crippen molar-refractivity contribution in [2.75, 3.05) is 4.90 Å². The molecule has 0 aliphatic carbocycles. The van der Waals surface area contributed by atoms with E-state index in [0.29, 0.717) is 0 Å². The molecule has 0 N–H and O–H groups in total. The zero-order valence-corrected chi connectivity index (χ0v) is 10.1. The Kier molecular flexibility index (Phi) is 3.24. The lowest BCUT2D eigenvalue weighted by Crippen LogP contribution is -2.22. The van der Waals surface area contributed by atoms with Crippen molar-refractivity contribution in [3.8, 4) is 0 Å². The average Bonchev–Trinajstić information content (AvgIpc) is 2.33. The van der Waals surface area contributed by atoms with Crippen molar-refractivity contribution >= 4 is 17.3 Å². The molecule has 0 bridgehead atoms. The molecule has 0 aromatic heterocycles. The van der Waals surface area contributed by atoms with E-state index in [9.17, 15) is 4.79 Å². The standard InChI is InChI=1S/C15H15NO/c1-12-8-10-15(11-9-12)16(13(2)17)14-6-4-3-5-7-14/h3-11H,1-2H3. The zero-order valence-electron chi connectivity index (χ0n) is 10.1. The molecule has 0 saturated carbocycles. The van der Waals surface area contributed by atoms with Crippen LogP contribution >= 0.6 is 0 Å². The van der Waals surface area contributed by atoms with Gasteiger partial charge in [0.2, 0.25) is 5.91 Å². The van der Waals surface area contributed by atoms with Gasteiger partial charge in [0, 0.05) is 18.3 Å². The normalized spacial score (nSPS) is 10.0. The van der Waals surface area contributed by atoms with Crippen molar-refractivity contribution in [1.29, 1.82) is 0 Å². The highest BCUT2D eigenvalue weighted by atomic mass is 16.2. The van der Waals surface area contributed by atoms with Gasteiger partial charge in [0.1, 0.15) is 0 Å². The summed E-state index contributed by atoms with van der Waals surface area (Å²) in [5.41, 5.74) is 2.98. The number of hydrogen-bond acceptors (Lipinski definition) is 1. The molecule has 17 heavy (non-hydrogen) atoms. The molecule has 1 amide bonds. The Bertz CT molecular complexity index is 502. The van der Waals surface area contributed by atoms with Gasteiger partial charge < -0.3 is 0 Å². The van der Waals surface area contributed by atoms with E-state index >= 15 is 0 Å². The Balaban J connectivity index is 2.43. The maximum absolute atomic E-state index is 11.8. The third-order valence-electron chi connectivity index (χ3n) is 2.62. The van der Waals surface area contributed by atoms with E-state index in [0.717, 1.165) is 11.4 Å². The SMILES string of the molecule is CC(=O)N(c1ccccc1)c1ccc(C)cc1. The second kappa shape index (κ2) is 4.83. The van der Waals surface area contributed by atoms with Crippen LogP contribution in [0.2, 0.25) is 0 Å². The summed E-state index contributed by atoms with van der Waals surface area (Å²) in [5.74, 6) is 0.0139. The van der Waals surface area contributed by atoms with Gasteiger partial charge in [0.25, 0.3) is 0 Å². The number of amides is 1. The average molecular weight is 225 g/mol. The number of rotatable bonds is 2. The second-order valence-electron chi connectivity index (χ2n) is 4.03. The molecule has 0 saturated heterocycles. The summed E-state index contributed by atoms with van der Waals surface area (Å²) in [6.07, 6.45) is 0. The Morgan fingerprint density at radius 3 is 1.94 bits per heavy atom. The van der Waals surface area contributed by atoms with Crippen molar-refractivity contribution in [3.63, 3.8) is 0 Å². The van der Waals surface area contributed by atoms with Crippen molar-refractivity contribution in [1.82, 2.24) is 0 Å². The lowest BCUT2D eigenvalue weighted by molar-refractivity contribution is -0.115. The number of carbonyl (C=O) groups excluding carboxylic acids is 1. The summed E-state index contributed by atoms with van der Waals surface area (Å²) < 4.78 is 0. The summed E-state index contributed by atoms with van der Waals surface area (Å²) >= 11 is 0. The number of para-hydroxylation sites is 1. The van der Waals surface area contributed by atoms with Gasteiger partial charge in [-0.25, -0.2) is 0 Å². The highest BCUT2D eigenvalue weighted by Crippen LogP contribution is 2.25. The Labute approximate surface area is 102 Å². The van der Waals surface area contributed by atoms with Crippen LogP contribution in [0.5, 0.6) is 0 Å². The molecular formula is C15H15NO. The predicted octanol–water partition coefficient (Wildman–Crippen LogP) is 3.68. The maximum Gasteiger partial charge on any atom is 0.228 e. The van der Waals surface area contributed by atoms with Crippen LogP contribution in [0.4, 0.5) is 11.4 Å². The lowest BCUT2D eigenvalue weighted by atomic mass is 10.2. The quantitative estimate of drug-likeness (QED) is 0.763. The Morgan fingerprint density at radius 2 is 1.41 bits per heavy atom. The van der Waals surface area contributed by atoms with Crippen LogP contribution in [0.1, 0.15) is 12.5 Å². The third-order valence-corrected chi connectivity index (χ3v) is 2.62. The molecule has 0 atom stereocenters. The van der Waals surface area contributed by atoms with Crippen molar-refractivity contribution in [3.05, 3.63) is 60.2 Å². The number of benzene rings is 2. The van der Waals surface area contributed by atoms with Gasteiger partial charge in [-0.1, -0.05) is 35.9 Å². The lowest BCUT2D eigenvalue weighted by Gasteiger charge is -2.21. The van der Waals surface area contributed by atoms with E-state index in [1.165, 1.54) is 5.56 Å². The van der Waals surface area contributed by atoms with E-state index in [-0.39, 0.29) is 5.91 Å². The fraction of sp³-hybridized carbons (Fsp3) is 0.133. The molecule has 2 heteroatoms. The van der Waals surface area contributed by atoms with Gasteiger partial charge in [-0.05, 0) is 31.2 Å². The first kappa shape index (κ1) is 11.4. The van der Waals surface area contributed by atoms with Crippen molar-refractivity contribution in [2.24, 2.45) is 0 Å². The highest BCUT2D eigenvalue weighted by Gasteiger charge is 2.12. The summed E-state index contributed by atoms with van der Waals surface area (Å²) in [4.78, 5) is 13.5. The topological polar surface area (TPSA) is 20.3 Å². The van der Waals surface area contributed by atoms with Crippen LogP contribution in [-0.2, 0) is 4.79 Å². The van der Waals surface area contributed by atoms with Gasteiger partial charge in [-0.15, -0.1) is 0 Å². The van der Waals surface area contributed by atoms with E-state index in [1.807, 2.05) is 61.5 Å². The first-order chi connectivity index (χ1) is 8.18. The number of aryl methyl sites for hydroxylation is 1. The Morgan fingerprint density at radius 1 is 0.882 bits per heavy atom. The molecule has 0 aliphatic heterocycles. The van der Waals surface area contributed by atoms with Crippen LogP contribution < -0.4 is 4.90 Å². The van der Waals surface area contributed by atoms with E-state index < -0.39 is 0 Å². The molecule has 2 aromatic rings. The first-order valence-corrected chi connectivity index (χ1v) is 5.61. The van der Waals surface area contributed by atoms with Gasteiger partial charge >= 0.3 is 0 Å². The van der Waals surface area contributed by atoms with Gasteiger partial charge in [0.15, 0.2) is 0 Å². The minimum atomic E-state index is 0.0139. The minimum Gasteiger partial charge on any atom is -0.281 e. The molecule has 0 spiro atoms. The summed E-state index contributed by atoms with van der Waals surface area (Å²) in [6.45, 7) is 3.61. The first-order valence-electron chi connectivity index (χ1n) is 5.61. The highest BCUT2D eigenvalue weighted by molar-refractivity contribution is 5.98. The molecule has 2 rings (SSSR count). The number of anilines is 2. The molecule has 2 aromatic carbocycles. The molecule has 86 valence electrons. The molecular weight excluding hydrogens is 210 g/mol. The van der Waals surface area contributed by atoms with Crippen LogP contribution in [0.25, 0.3) is 0 Å². The van der Waals surface area contributed by atoms with Crippen LogP contribution in [0, 0.1) is 6.92 Å². The fourth-order valence-corrected chi connectivity index (χ4v) is 1.78. The minimum absolute atomic E-state index is 0.0139. The van der Waals surface area contributed by atoms with Crippen LogP contribution in [0.3, 0.4) is 0 Å². The largest absolute Gasteiger partial charge is 0.281 e. The molecule has 2 nitrogen and oxygen atoms in total. The summed E-state index contributed by atoms with van der Waals surface area (Å²) in [6, 6.07) is 17.6. The summed E-state index contributed by atoms with van der Waals surface area (Å²) in [7, 11) is 0. The number of nitrogens with zero attached hydrogens (tertiary/aromatic N) is 1. The maximum atomic E-state index is 11.8. The molecule has 0 unspecified atom stereocenters. The second-order valence-corrected chi connectivity index (χ2v) is 4.03. The number of carbonyl (C=O) groups is 1. The summed E-state index contributed by atoms with van der Waals surface area (Å²) in [5, 5.41) is 0. The smallest absolute Gasteiger partial charge is 0.228 e. The monoisotopic (exact) mass is 225 g/mol. The van der Waals surface area contributed by atoms with Crippen molar-refractivity contribution in [2.45, 2.75) is 13.8 Å². The van der Waals surface area contributed by atoms with E-state index in [2.05, 4.69) is 0 Å². The molecule has 0 heterocycles. The van der Waals surface area contributed by atoms with Crippen LogP contribution in [0.15, 0.2) is 54.6 Å². The van der Waals surface area contributed by atoms with Gasteiger partial charge in [-0.3, -0.25) is 9.69 Å². The molecule has 0 fully saturated rings. The van der Waals surface area contributed by atoms with Crippen LogP contribution in [-0.4, -0.2) is 5.91 Å². The molecule has 0 radical (unpaired) electrons. The fourth-order valence-electron chi connectivity index (χ4n) is 1.78. The molecule has 0 aliphatic rings. The zero-order chi connectivity index (χ0) is 12.3. The van der Waals surface area contributed by atoms with E-state index in [1.54, 1.807) is 11.8 Å². The van der Waals surface area contributed by atoms with Crippen molar-refractivity contribution < 1.29 is 4.79 Å². The third kappa shape index (κ3) is 2.53. The predicted molar refractivity (Wildman–Crippen MR) is 70.4 cm³/mol.